The van der Waals surface area contributed by atoms with E-state index < -0.39 is 33.2 Å². The first-order chi connectivity index (χ1) is 12.3. The van der Waals surface area contributed by atoms with E-state index in [-0.39, 0.29) is 11.0 Å². The topological polar surface area (TPSA) is 29.5 Å². The molecule has 0 unspecified atom stereocenters. The SMILES string of the molecule is CC(C)(C)[SiH2]OC(C)(C)c1cc(C(F)(F)F)ccc1[C@@H](O)C1CCCCC1. The van der Waals surface area contributed by atoms with E-state index in [2.05, 4.69) is 20.8 Å². The number of hydrogen-bond acceptors (Lipinski definition) is 2. The minimum atomic E-state index is -4.42. The number of alkyl halides is 3. The van der Waals surface area contributed by atoms with Gasteiger partial charge in [0.05, 0.1) is 17.3 Å². The van der Waals surface area contributed by atoms with E-state index in [0.29, 0.717) is 11.1 Å². The fourth-order valence-electron chi connectivity index (χ4n) is 3.69. The Morgan fingerprint density at radius 2 is 1.63 bits per heavy atom. The average Bonchev–Trinajstić information content (AvgIpc) is 2.58. The summed E-state index contributed by atoms with van der Waals surface area (Å²) in [5.74, 6) is 0.102. The van der Waals surface area contributed by atoms with Crippen LogP contribution in [0, 0.1) is 5.92 Å². The summed E-state index contributed by atoms with van der Waals surface area (Å²) < 4.78 is 46.2. The van der Waals surface area contributed by atoms with Gasteiger partial charge in [0.1, 0.15) is 0 Å². The van der Waals surface area contributed by atoms with Crippen LogP contribution in [0.25, 0.3) is 0 Å². The maximum absolute atomic E-state index is 13.3. The molecule has 1 aliphatic rings. The predicted octanol–water partition coefficient (Wildman–Crippen LogP) is 5.87. The Kier molecular flexibility index (Phi) is 6.86. The summed E-state index contributed by atoms with van der Waals surface area (Å²) in [5, 5.41) is 11.0. The maximum Gasteiger partial charge on any atom is 0.416 e. The summed E-state index contributed by atoms with van der Waals surface area (Å²) in [6.45, 7) is 9.88. The lowest BCUT2D eigenvalue weighted by molar-refractivity contribution is -0.137. The van der Waals surface area contributed by atoms with Crippen LogP contribution in [0.4, 0.5) is 13.2 Å². The first kappa shape index (κ1) is 22.4. The van der Waals surface area contributed by atoms with Gasteiger partial charge in [-0.25, -0.2) is 0 Å². The third kappa shape index (κ3) is 6.06. The summed E-state index contributed by atoms with van der Waals surface area (Å²) in [6.07, 6.45) is -0.0422. The lowest BCUT2D eigenvalue weighted by Crippen LogP contribution is -2.30. The maximum atomic E-state index is 13.3. The largest absolute Gasteiger partial charge is 0.416 e. The highest BCUT2D eigenvalue weighted by molar-refractivity contribution is 6.31. The first-order valence-corrected chi connectivity index (χ1v) is 11.1. The molecule has 1 fully saturated rings. The number of halogens is 3. The van der Waals surface area contributed by atoms with E-state index in [9.17, 15) is 18.3 Å². The second kappa shape index (κ2) is 8.25. The van der Waals surface area contributed by atoms with Crippen molar-refractivity contribution in [2.24, 2.45) is 5.92 Å². The van der Waals surface area contributed by atoms with Gasteiger partial charge >= 0.3 is 6.18 Å². The van der Waals surface area contributed by atoms with Crippen molar-refractivity contribution >= 4 is 9.76 Å². The van der Waals surface area contributed by atoms with Gasteiger partial charge < -0.3 is 9.53 Å². The number of benzene rings is 1. The predicted molar refractivity (Wildman–Crippen MR) is 105 cm³/mol. The van der Waals surface area contributed by atoms with Gasteiger partial charge in [-0.2, -0.15) is 13.2 Å². The van der Waals surface area contributed by atoms with Gasteiger partial charge in [0.25, 0.3) is 0 Å². The number of hydrogen-bond donors (Lipinski definition) is 1. The van der Waals surface area contributed by atoms with Gasteiger partial charge in [-0.1, -0.05) is 46.1 Å². The first-order valence-electron chi connectivity index (χ1n) is 9.85. The fourth-order valence-corrected chi connectivity index (χ4v) is 4.64. The van der Waals surface area contributed by atoms with Crippen molar-refractivity contribution in [3.8, 4) is 0 Å². The Balaban J connectivity index is 2.43. The summed E-state index contributed by atoms with van der Waals surface area (Å²) in [6, 6.07) is 3.72. The molecule has 0 aromatic heterocycles. The van der Waals surface area contributed by atoms with Crippen molar-refractivity contribution in [2.45, 2.75) is 89.6 Å². The van der Waals surface area contributed by atoms with Crippen molar-refractivity contribution in [1.82, 2.24) is 0 Å². The molecule has 2 nitrogen and oxygen atoms in total. The van der Waals surface area contributed by atoms with Crippen molar-refractivity contribution in [2.75, 3.05) is 0 Å². The number of aliphatic hydroxyl groups excluding tert-OH is 1. The summed E-state index contributed by atoms with van der Waals surface area (Å²) in [7, 11) is -0.971. The molecule has 1 saturated carbocycles. The molecular formula is C21H33F3O2Si. The van der Waals surface area contributed by atoms with Gasteiger partial charge in [0, 0.05) is 0 Å². The lowest BCUT2D eigenvalue weighted by Gasteiger charge is -2.35. The zero-order valence-corrected chi connectivity index (χ0v) is 18.5. The van der Waals surface area contributed by atoms with Crippen LogP contribution in [0.5, 0.6) is 0 Å². The molecule has 1 N–H and O–H groups in total. The highest BCUT2D eigenvalue weighted by atomic mass is 28.2. The molecule has 27 heavy (non-hydrogen) atoms. The third-order valence-corrected chi connectivity index (χ3v) is 7.04. The molecule has 1 aromatic rings. The van der Waals surface area contributed by atoms with Crippen LogP contribution in [0.15, 0.2) is 18.2 Å². The Labute approximate surface area is 163 Å². The quantitative estimate of drug-likeness (QED) is 0.624. The van der Waals surface area contributed by atoms with Gasteiger partial charge in [-0.3, -0.25) is 0 Å². The van der Waals surface area contributed by atoms with E-state index in [1.54, 1.807) is 0 Å². The molecular weight excluding hydrogens is 369 g/mol. The summed E-state index contributed by atoms with van der Waals surface area (Å²) >= 11 is 0. The molecule has 1 aromatic carbocycles. The van der Waals surface area contributed by atoms with E-state index in [1.807, 2.05) is 13.8 Å². The Hall–Kier alpha value is -0.853. The zero-order chi connectivity index (χ0) is 20.5. The highest BCUT2D eigenvalue weighted by Crippen LogP contribution is 2.42. The molecule has 154 valence electrons. The second-order valence-corrected chi connectivity index (χ2v) is 12.2. The summed E-state index contributed by atoms with van der Waals surface area (Å²) in [4.78, 5) is 0. The number of aliphatic hydroxyl groups is 1. The lowest BCUT2D eigenvalue weighted by atomic mass is 9.79. The highest BCUT2D eigenvalue weighted by Gasteiger charge is 2.36. The van der Waals surface area contributed by atoms with Gasteiger partial charge in [0.15, 0.2) is 9.76 Å². The van der Waals surface area contributed by atoms with Crippen molar-refractivity contribution < 1.29 is 22.7 Å². The van der Waals surface area contributed by atoms with Crippen LogP contribution in [0.3, 0.4) is 0 Å². The van der Waals surface area contributed by atoms with Crippen LogP contribution in [-0.2, 0) is 16.2 Å². The third-order valence-electron chi connectivity index (χ3n) is 5.31. The molecule has 1 aliphatic carbocycles. The Morgan fingerprint density at radius 3 is 2.15 bits per heavy atom. The van der Waals surface area contributed by atoms with E-state index >= 15 is 0 Å². The van der Waals surface area contributed by atoms with Crippen molar-refractivity contribution in [3.63, 3.8) is 0 Å². The standard InChI is InChI=1S/C21H33F3O2Si/c1-19(2,3)27-26-20(4,5)17-13-15(21(22,23)24)11-12-16(17)18(25)14-9-7-6-8-10-14/h11-14,18,25H,6-10,27H2,1-5H3/t18-/m0/s1. The molecule has 0 aliphatic heterocycles. The average molecular weight is 403 g/mol. The molecule has 1 atom stereocenters. The molecule has 0 amide bonds. The monoisotopic (exact) mass is 402 g/mol. The van der Waals surface area contributed by atoms with E-state index in [0.717, 1.165) is 38.2 Å². The normalized spacial score (nSPS) is 19.0. The van der Waals surface area contributed by atoms with Crippen LogP contribution in [0.1, 0.15) is 89.5 Å². The Morgan fingerprint density at radius 1 is 1.04 bits per heavy atom. The van der Waals surface area contributed by atoms with Crippen LogP contribution < -0.4 is 0 Å². The smallest absolute Gasteiger partial charge is 0.415 e. The molecule has 0 bridgehead atoms. The molecule has 0 saturated heterocycles. The van der Waals surface area contributed by atoms with Gasteiger partial charge in [-0.15, -0.1) is 0 Å². The summed E-state index contributed by atoms with van der Waals surface area (Å²) in [5.41, 5.74) is -0.507. The van der Waals surface area contributed by atoms with Crippen molar-refractivity contribution in [3.05, 3.63) is 34.9 Å². The minimum Gasteiger partial charge on any atom is -0.415 e. The van der Waals surface area contributed by atoms with Gasteiger partial charge in [0.2, 0.25) is 0 Å². The Bertz CT molecular complexity index is 629. The molecule has 6 heteroatoms. The fraction of sp³-hybridized carbons (Fsp3) is 0.714. The van der Waals surface area contributed by atoms with Crippen LogP contribution >= 0.6 is 0 Å². The van der Waals surface area contributed by atoms with E-state index in [4.69, 9.17) is 4.43 Å². The second-order valence-electron chi connectivity index (χ2n) is 9.50. The number of rotatable bonds is 5. The zero-order valence-electron chi connectivity index (χ0n) is 17.1. The molecule has 0 radical (unpaired) electrons. The minimum absolute atomic E-state index is 0.0288. The molecule has 0 spiro atoms. The van der Waals surface area contributed by atoms with Crippen LogP contribution in [-0.4, -0.2) is 14.9 Å². The molecule has 2 rings (SSSR count). The van der Waals surface area contributed by atoms with Gasteiger partial charge in [-0.05, 0) is 60.9 Å². The molecule has 0 heterocycles. The van der Waals surface area contributed by atoms with Crippen molar-refractivity contribution in [1.29, 1.82) is 0 Å². The van der Waals surface area contributed by atoms with Crippen LogP contribution in [0.2, 0.25) is 5.04 Å². The van der Waals surface area contributed by atoms with E-state index in [1.165, 1.54) is 12.1 Å².